The van der Waals surface area contributed by atoms with Gasteiger partial charge in [-0.1, -0.05) is 12.1 Å². The number of benzene rings is 2. The van der Waals surface area contributed by atoms with Crippen LogP contribution in [0, 0.1) is 0 Å². The van der Waals surface area contributed by atoms with Crippen LogP contribution in [0.2, 0.25) is 0 Å². The van der Waals surface area contributed by atoms with E-state index < -0.39 is 36.8 Å². The average Bonchev–Trinajstić information content (AvgIpc) is 2.97. The number of esters is 1. The molecule has 0 aromatic heterocycles. The van der Waals surface area contributed by atoms with Gasteiger partial charge < -0.3 is 15.0 Å². The summed E-state index contributed by atoms with van der Waals surface area (Å²) in [5, 5.41) is 2.53. The van der Waals surface area contributed by atoms with Crippen LogP contribution in [-0.4, -0.2) is 66.6 Å². The zero-order chi connectivity index (χ0) is 21.8. The van der Waals surface area contributed by atoms with E-state index in [4.69, 9.17) is 4.74 Å². The largest absolute Gasteiger partial charge is 0.454 e. The molecule has 0 saturated carbocycles. The molecule has 9 heteroatoms. The van der Waals surface area contributed by atoms with Gasteiger partial charge in [-0.2, -0.15) is 0 Å². The zero-order valence-corrected chi connectivity index (χ0v) is 16.4. The van der Waals surface area contributed by atoms with Gasteiger partial charge in [-0.3, -0.25) is 28.9 Å². The molecule has 9 nitrogen and oxygen atoms in total. The lowest BCUT2D eigenvalue weighted by Crippen LogP contribution is -2.36. The maximum Gasteiger partial charge on any atom is 0.326 e. The number of anilines is 1. The molecule has 0 fully saturated rings. The average molecular weight is 409 g/mol. The summed E-state index contributed by atoms with van der Waals surface area (Å²) in [5.74, 6) is -2.81. The predicted octanol–water partition coefficient (Wildman–Crippen LogP) is 1.17. The molecular weight excluding hydrogens is 390 g/mol. The summed E-state index contributed by atoms with van der Waals surface area (Å²) in [4.78, 5) is 62.5. The van der Waals surface area contributed by atoms with E-state index in [9.17, 15) is 24.0 Å². The van der Waals surface area contributed by atoms with Crippen molar-refractivity contribution >= 4 is 35.3 Å². The highest BCUT2D eigenvalue weighted by atomic mass is 16.5. The van der Waals surface area contributed by atoms with Crippen molar-refractivity contribution in [2.24, 2.45) is 0 Å². The Labute approximate surface area is 172 Å². The van der Waals surface area contributed by atoms with Crippen molar-refractivity contribution in [1.82, 2.24) is 9.80 Å². The van der Waals surface area contributed by atoms with Crippen LogP contribution in [0.15, 0.2) is 48.5 Å². The summed E-state index contributed by atoms with van der Waals surface area (Å²) in [6, 6.07) is 12.5. The molecule has 0 aliphatic carbocycles. The first-order valence-electron chi connectivity index (χ1n) is 9.00. The fraction of sp³-hybridized carbons (Fsp3) is 0.190. The highest BCUT2D eigenvalue weighted by molar-refractivity contribution is 6.22. The number of fused-ring (bicyclic) bond motifs is 1. The van der Waals surface area contributed by atoms with Crippen molar-refractivity contribution in [3.05, 3.63) is 65.2 Å². The number of ether oxygens (including phenoxy) is 1. The number of amides is 4. The second-order valence-electron chi connectivity index (χ2n) is 6.73. The van der Waals surface area contributed by atoms with Gasteiger partial charge in [0, 0.05) is 25.3 Å². The van der Waals surface area contributed by atoms with E-state index in [2.05, 4.69) is 5.32 Å². The Morgan fingerprint density at radius 1 is 0.933 bits per heavy atom. The van der Waals surface area contributed by atoms with Crippen molar-refractivity contribution in [2.75, 3.05) is 32.6 Å². The standard InChI is InChI=1S/C21H19N3O6/c1-23(2)19(27)13-7-9-14(10-8-13)22-17(25)12-30-18(26)11-24-20(28)15-5-3-4-6-16(15)21(24)29/h3-10H,11-12H2,1-2H3,(H,22,25). The minimum Gasteiger partial charge on any atom is -0.454 e. The molecule has 4 amide bonds. The van der Waals surface area contributed by atoms with E-state index in [0.717, 1.165) is 4.90 Å². The molecule has 0 spiro atoms. The second-order valence-corrected chi connectivity index (χ2v) is 6.73. The van der Waals surface area contributed by atoms with Crippen molar-refractivity contribution in [1.29, 1.82) is 0 Å². The summed E-state index contributed by atoms with van der Waals surface area (Å²) >= 11 is 0. The van der Waals surface area contributed by atoms with Crippen LogP contribution in [-0.2, 0) is 14.3 Å². The third-order valence-electron chi connectivity index (χ3n) is 4.35. The highest BCUT2D eigenvalue weighted by Gasteiger charge is 2.36. The summed E-state index contributed by atoms with van der Waals surface area (Å²) < 4.78 is 4.87. The Bertz CT molecular complexity index is 994. The predicted molar refractivity (Wildman–Crippen MR) is 106 cm³/mol. The third-order valence-corrected chi connectivity index (χ3v) is 4.35. The Hall–Kier alpha value is -4.01. The van der Waals surface area contributed by atoms with E-state index in [1.54, 1.807) is 50.5 Å². The monoisotopic (exact) mass is 409 g/mol. The molecule has 1 heterocycles. The first kappa shape index (κ1) is 20.7. The normalized spacial score (nSPS) is 12.4. The molecule has 1 N–H and O–H groups in total. The third kappa shape index (κ3) is 4.35. The van der Waals surface area contributed by atoms with Crippen molar-refractivity contribution in [2.45, 2.75) is 0 Å². The molecule has 30 heavy (non-hydrogen) atoms. The topological polar surface area (TPSA) is 113 Å². The van der Waals surface area contributed by atoms with Gasteiger partial charge in [-0.25, -0.2) is 0 Å². The number of hydrogen-bond donors (Lipinski definition) is 1. The maximum absolute atomic E-state index is 12.2. The molecule has 0 unspecified atom stereocenters. The van der Waals surface area contributed by atoms with Crippen molar-refractivity contribution in [3.63, 3.8) is 0 Å². The fourth-order valence-corrected chi connectivity index (χ4v) is 2.85. The minimum atomic E-state index is -0.883. The van der Waals surface area contributed by atoms with E-state index in [0.29, 0.717) is 11.3 Å². The first-order chi connectivity index (χ1) is 14.3. The van der Waals surface area contributed by atoms with E-state index in [-0.39, 0.29) is 17.0 Å². The molecule has 3 rings (SSSR count). The number of nitrogens with zero attached hydrogens (tertiary/aromatic N) is 2. The lowest BCUT2D eigenvalue weighted by Gasteiger charge is -2.13. The van der Waals surface area contributed by atoms with Crippen LogP contribution < -0.4 is 5.32 Å². The summed E-state index contributed by atoms with van der Waals surface area (Å²) in [6.45, 7) is -1.17. The van der Waals surface area contributed by atoms with E-state index in [1.807, 2.05) is 0 Å². The molecule has 1 aliphatic heterocycles. The smallest absolute Gasteiger partial charge is 0.326 e. The first-order valence-corrected chi connectivity index (χ1v) is 9.00. The van der Waals surface area contributed by atoms with Gasteiger partial charge in [0.05, 0.1) is 11.1 Å². The van der Waals surface area contributed by atoms with Crippen LogP contribution in [0.1, 0.15) is 31.1 Å². The number of hydrogen-bond acceptors (Lipinski definition) is 6. The molecule has 0 radical (unpaired) electrons. The molecule has 1 aliphatic rings. The van der Waals surface area contributed by atoms with Gasteiger partial charge in [0.2, 0.25) is 0 Å². The molecule has 154 valence electrons. The Morgan fingerprint density at radius 2 is 1.50 bits per heavy atom. The van der Waals surface area contributed by atoms with Gasteiger partial charge >= 0.3 is 5.97 Å². The van der Waals surface area contributed by atoms with E-state index >= 15 is 0 Å². The van der Waals surface area contributed by atoms with Crippen molar-refractivity contribution < 1.29 is 28.7 Å². The van der Waals surface area contributed by atoms with Crippen LogP contribution in [0.25, 0.3) is 0 Å². The van der Waals surface area contributed by atoms with Crippen LogP contribution >= 0.6 is 0 Å². The summed E-state index contributed by atoms with van der Waals surface area (Å²) in [5.41, 5.74) is 1.34. The zero-order valence-electron chi connectivity index (χ0n) is 16.4. The fourth-order valence-electron chi connectivity index (χ4n) is 2.85. The van der Waals surface area contributed by atoms with Gasteiger partial charge in [0.1, 0.15) is 6.54 Å². The van der Waals surface area contributed by atoms with E-state index in [1.165, 1.54) is 17.0 Å². The molecule has 0 atom stereocenters. The van der Waals surface area contributed by atoms with Gasteiger partial charge in [-0.15, -0.1) is 0 Å². The SMILES string of the molecule is CN(C)C(=O)c1ccc(NC(=O)COC(=O)CN2C(=O)c3ccccc3C2=O)cc1. The Morgan fingerprint density at radius 3 is 2.03 bits per heavy atom. The molecule has 2 aromatic carbocycles. The van der Waals surface area contributed by atoms with Gasteiger partial charge in [0.25, 0.3) is 23.6 Å². The van der Waals surface area contributed by atoms with Crippen LogP contribution in [0.3, 0.4) is 0 Å². The lowest BCUT2D eigenvalue weighted by atomic mass is 10.1. The quantitative estimate of drug-likeness (QED) is 0.566. The molecule has 2 aromatic rings. The molecule has 0 bridgehead atoms. The number of carbonyl (C=O) groups excluding carboxylic acids is 5. The van der Waals surface area contributed by atoms with Crippen LogP contribution in [0.4, 0.5) is 5.69 Å². The maximum atomic E-state index is 12.2. The highest BCUT2D eigenvalue weighted by Crippen LogP contribution is 2.22. The molecule has 0 saturated heterocycles. The number of carbonyl (C=O) groups is 5. The van der Waals surface area contributed by atoms with Crippen molar-refractivity contribution in [3.8, 4) is 0 Å². The van der Waals surface area contributed by atoms with Gasteiger partial charge in [-0.05, 0) is 36.4 Å². The Kier molecular flexibility index (Phi) is 5.91. The summed E-state index contributed by atoms with van der Waals surface area (Å²) in [6.07, 6.45) is 0. The number of rotatable bonds is 6. The number of imide groups is 1. The lowest BCUT2D eigenvalue weighted by molar-refractivity contribution is -0.147. The minimum absolute atomic E-state index is 0.171. The van der Waals surface area contributed by atoms with Gasteiger partial charge in [0.15, 0.2) is 6.61 Å². The van der Waals surface area contributed by atoms with Crippen LogP contribution in [0.5, 0.6) is 0 Å². The second kappa shape index (κ2) is 8.56. The Balaban J connectivity index is 1.49. The summed E-state index contributed by atoms with van der Waals surface area (Å²) in [7, 11) is 3.27. The molecular formula is C21H19N3O6. The number of nitrogens with one attached hydrogen (secondary N) is 1.